The van der Waals surface area contributed by atoms with Crippen LogP contribution in [0.3, 0.4) is 0 Å². The van der Waals surface area contributed by atoms with Gasteiger partial charge < -0.3 is 9.13 Å². The summed E-state index contributed by atoms with van der Waals surface area (Å²) < 4.78 is 6.08. The summed E-state index contributed by atoms with van der Waals surface area (Å²) in [7, 11) is 0. The molecule has 0 amide bonds. The lowest BCUT2D eigenvalue weighted by molar-refractivity contribution is 1.17. The molecule has 0 bridgehead atoms. The predicted molar refractivity (Wildman–Crippen MR) is 173 cm³/mol. The third-order valence-electron chi connectivity index (χ3n) is 7.80. The molecular weight excluding hydrogens is 587 g/mol. The first-order chi connectivity index (χ1) is 19.3. The molecule has 0 aliphatic heterocycles. The van der Waals surface area contributed by atoms with E-state index < -0.39 is 0 Å². The molecule has 0 saturated carbocycles. The van der Waals surface area contributed by atoms with E-state index in [0.717, 1.165) is 0 Å². The molecule has 0 atom stereocenters. The van der Waals surface area contributed by atoms with Crippen LogP contribution in [0, 0.1) is 3.57 Å². The van der Waals surface area contributed by atoms with Crippen LogP contribution < -0.4 is 0 Å². The van der Waals surface area contributed by atoms with E-state index in [2.05, 4.69) is 171 Å². The van der Waals surface area contributed by atoms with Crippen molar-refractivity contribution in [3.8, 4) is 22.5 Å². The van der Waals surface area contributed by atoms with E-state index >= 15 is 0 Å². The molecule has 0 N–H and O–H groups in total. The molecule has 8 aromatic rings. The summed E-state index contributed by atoms with van der Waals surface area (Å²) in [6.07, 6.45) is 0. The summed E-state index contributed by atoms with van der Waals surface area (Å²) in [5, 5.41) is 5.07. The van der Waals surface area contributed by atoms with Crippen LogP contribution in [-0.2, 0) is 0 Å². The van der Waals surface area contributed by atoms with Gasteiger partial charge in [-0.3, -0.25) is 0 Å². The normalized spacial score (nSPS) is 11.7. The van der Waals surface area contributed by atoms with Crippen LogP contribution in [0.1, 0.15) is 0 Å². The van der Waals surface area contributed by atoms with Crippen LogP contribution in [0.2, 0.25) is 0 Å². The second kappa shape index (κ2) is 8.85. The Hall–Kier alpha value is -4.35. The molecule has 0 aliphatic rings. The summed E-state index contributed by atoms with van der Waals surface area (Å²) in [5.74, 6) is 0. The minimum absolute atomic E-state index is 1.17. The molecule has 0 radical (unpaired) electrons. The molecule has 39 heavy (non-hydrogen) atoms. The Bertz CT molecular complexity index is 2140. The number of benzene rings is 6. The molecule has 2 heterocycles. The van der Waals surface area contributed by atoms with Gasteiger partial charge in [-0.1, -0.05) is 91.0 Å². The lowest BCUT2D eigenvalue weighted by Crippen LogP contribution is -1.98. The van der Waals surface area contributed by atoms with Crippen molar-refractivity contribution in [1.29, 1.82) is 0 Å². The smallest absolute Gasteiger partial charge is 0.0542 e. The van der Waals surface area contributed by atoms with Gasteiger partial charge in [0.2, 0.25) is 0 Å². The standard InChI is InChI=1S/C36H23IN2/c37-31-16-6-1-11-25(31)26-12-2-9-19-34(26)39-35-20-10-5-15-29(35)30-23-24(21-22-36(30)39)38-32-17-7-3-13-27(32)28-14-4-8-18-33(28)38/h1-23H. The van der Waals surface area contributed by atoms with Crippen molar-refractivity contribution in [3.63, 3.8) is 0 Å². The second-order valence-corrected chi connectivity index (χ2v) is 11.1. The van der Waals surface area contributed by atoms with Crippen LogP contribution in [-0.4, -0.2) is 9.13 Å². The maximum Gasteiger partial charge on any atom is 0.0542 e. The van der Waals surface area contributed by atoms with Crippen molar-refractivity contribution in [2.75, 3.05) is 0 Å². The van der Waals surface area contributed by atoms with E-state index in [1.165, 1.54) is 69.7 Å². The molecule has 2 nitrogen and oxygen atoms in total. The van der Waals surface area contributed by atoms with Crippen LogP contribution in [0.5, 0.6) is 0 Å². The number of nitrogens with zero attached hydrogens (tertiary/aromatic N) is 2. The average molecular weight is 610 g/mol. The van der Waals surface area contributed by atoms with Crippen molar-refractivity contribution in [2.24, 2.45) is 0 Å². The highest BCUT2D eigenvalue weighted by molar-refractivity contribution is 14.1. The van der Waals surface area contributed by atoms with E-state index in [4.69, 9.17) is 0 Å². The van der Waals surface area contributed by atoms with Gasteiger partial charge in [0.05, 0.1) is 27.8 Å². The molecule has 2 aromatic heterocycles. The zero-order chi connectivity index (χ0) is 25.9. The lowest BCUT2D eigenvalue weighted by atomic mass is 10.0. The van der Waals surface area contributed by atoms with Crippen molar-refractivity contribution in [2.45, 2.75) is 0 Å². The fourth-order valence-electron chi connectivity index (χ4n) is 6.14. The Balaban J connectivity index is 1.44. The highest BCUT2D eigenvalue weighted by Crippen LogP contribution is 2.39. The number of fused-ring (bicyclic) bond motifs is 6. The fraction of sp³-hybridized carbons (Fsp3) is 0. The zero-order valence-corrected chi connectivity index (χ0v) is 23.2. The largest absolute Gasteiger partial charge is 0.309 e. The van der Waals surface area contributed by atoms with Crippen LogP contribution in [0.25, 0.3) is 66.1 Å². The molecule has 6 aromatic carbocycles. The van der Waals surface area contributed by atoms with Gasteiger partial charge in [-0.2, -0.15) is 0 Å². The second-order valence-electron chi connectivity index (χ2n) is 9.92. The Morgan fingerprint density at radius 3 is 1.54 bits per heavy atom. The van der Waals surface area contributed by atoms with Gasteiger partial charge in [-0.15, -0.1) is 0 Å². The predicted octanol–water partition coefficient (Wildman–Crippen LogP) is 10.2. The SMILES string of the molecule is Ic1ccccc1-c1ccccc1-n1c2ccccc2c2cc(-n3c4ccccc4c4ccccc43)ccc21. The Morgan fingerprint density at radius 2 is 0.872 bits per heavy atom. The van der Waals surface area contributed by atoms with E-state index in [1.807, 2.05) is 0 Å². The average Bonchev–Trinajstić information content (AvgIpc) is 3.50. The van der Waals surface area contributed by atoms with Gasteiger partial charge in [-0.05, 0) is 76.7 Å². The van der Waals surface area contributed by atoms with Crippen LogP contribution in [0.15, 0.2) is 140 Å². The molecule has 0 unspecified atom stereocenters. The number of hydrogen-bond acceptors (Lipinski definition) is 0. The topological polar surface area (TPSA) is 9.86 Å². The number of rotatable bonds is 3. The Kier molecular flexibility index (Phi) is 5.13. The van der Waals surface area contributed by atoms with Gasteiger partial charge in [0.1, 0.15) is 0 Å². The lowest BCUT2D eigenvalue weighted by Gasteiger charge is -2.15. The van der Waals surface area contributed by atoms with Crippen molar-refractivity contribution in [1.82, 2.24) is 9.13 Å². The first kappa shape index (κ1) is 22.6. The van der Waals surface area contributed by atoms with Gasteiger partial charge in [0.25, 0.3) is 0 Å². The molecule has 0 aliphatic carbocycles. The van der Waals surface area contributed by atoms with Crippen molar-refractivity contribution >= 4 is 66.2 Å². The van der Waals surface area contributed by atoms with Crippen molar-refractivity contribution in [3.05, 3.63) is 143 Å². The molecule has 184 valence electrons. The molecule has 0 spiro atoms. The summed E-state index contributed by atoms with van der Waals surface area (Å²) in [6.45, 7) is 0. The third-order valence-corrected chi connectivity index (χ3v) is 8.74. The Morgan fingerprint density at radius 1 is 0.385 bits per heavy atom. The Labute approximate surface area is 239 Å². The highest BCUT2D eigenvalue weighted by atomic mass is 127. The maximum absolute atomic E-state index is 2.45. The number of para-hydroxylation sites is 4. The minimum Gasteiger partial charge on any atom is -0.309 e. The summed E-state index contributed by atoms with van der Waals surface area (Å²) in [5.41, 5.74) is 9.73. The van der Waals surface area contributed by atoms with Gasteiger partial charge in [0.15, 0.2) is 0 Å². The van der Waals surface area contributed by atoms with Gasteiger partial charge >= 0.3 is 0 Å². The van der Waals surface area contributed by atoms with E-state index in [1.54, 1.807) is 0 Å². The number of hydrogen-bond donors (Lipinski definition) is 0. The molecule has 0 fully saturated rings. The van der Waals surface area contributed by atoms with Crippen molar-refractivity contribution < 1.29 is 0 Å². The van der Waals surface area contributed by atoms with Gasteiger partial charge in [0, 0.05) is 36.4 Å². The van der Waals surface area contributed by atoms with Gasteiger partial charge in [-0.25, -0.2) is 0 Å². The first-order valence-electron chi connectivity index (χ1n) is 13.2. The maximum atomic E-state index is 2.45. The first-order valence-corrected chi connectivity index (χ1v) is 14.2. The molecule has 3 heteroatoms. The summed E-state index contributed by atoms with van der Waals surface area (Å²) in [6, 6.07) is 50.5. The zero-order valence-electron chi connectivity index (χ0n) is 21.1. The number of halogens is 1. The molecule has 8 rings (SSSR count). The van der Waals surface area contributed by atoms with E-state index in [0.29, 0.717) is 0 Å². The fourth-order valence-corrected chi connectivity index (χ4v) is 6.81. The summed E-state index contributed by atoms with van der Waals surface area (Å²) in [4.78, 5) is 0. The number of aromatic nitrogens is 2. The van der Waals surface area contributed by atoms with Crippen LogP contribution >= 0.6 is 22.6 Å². The molecular formula is C36H23IN2. The quantitative estimate of drug-likeness (QED) is 0.176. The van der Waals surface area contributed by atoms with E-state index in [-0.39, 0.29) is 0 Å². The molecule has 0 saturated heterocycles. The highest BCUT2D eigenvalue weighted by Gasteiger charge is 2.18. The third kappa shape index (κ3) is 3.39. The summed E-state index contributed by atoms with van der Waals surface area (Å²) >= 11 is 2.45. The van der Waals surface area contributed by atoms with E-state index in [9.17, 15) is 0 Å². The van der Waals surface area contributed by atoms with Crippen LogP contribution in [0.4, 0.5) is 0 Å². The minimum atomic E-state index is 1.17. The monoisotopic (exact) mass is 610 g/mol.